The van der Waals surface area contributed by atoms with Crippen LogP contribution in [0.15, 0.2) is 0 Å². The molecule has 2 atom stereocenters. The molecule has 0 aromatic rings. The Kier molecular flexibility index (Phi) is 3.97. The molecule has 2 saturated heterocycles. The summed E-state index contributed by atoms with van der Waals surface area (Å²) in [5, 5.41) is 6.28. The Bertz CT molecular complexity index is 209. The van der Waals surface area contributed by atoms with Crippen LogP contribution in [0, 0.1) is 11.8 Å². The first kappa shape index (κ1) is 10.9. The van der Waals surface area contributed by atoms with Crippen LogP contribution in [0.5, 0.6) is 0 Å². The van der Waals surface area contributed by atoms with Crippen molar-refractivity contribution >= 4 is 5.91 Å². The van der Waals surface area contributed by atoms with Crippen molar-refractivity contribution in [3.63, 3.8) is 0 Å². The first-order valence-corrected chi connectivity index (χ1v) is 5.90. The summed E-state index contributed by atoms with van der Waals surface area (Å²) in [5.74, 6) is 1.29. The highest BCUT2D eigenvalue weighted by Gasteiger charge is 2.20. The fourth-order valence-corrected chi connectivity index (χ4v) is 2.23. The molecular weight excluding hydrogens is 192 g/mol. The SMILES string of the molecule is O=C(CC1CCNC1)NCC1CCOC1. The van der Waals surface area contributed by atoms with E-state index >= 15 is 0 Å². The van der Waals surface area contributed by atoms with Gasteiger partial charge in [-0.3, -0.25) is 4.79 Å². The number of carbonyl (C=O) groups excluding carboxylic acids is 1. The van der Waals surface area contributed by atoms with Crippen LogP contribution in [0.4, 0.5) is 0 Å². The molecule has 0 aliphatic carbocycles. The molecule has 4 nitrogen and oxygen atoms in total. The van der Waals surface area contributed by atoms with Crippen LogP contribution < -0.4 is 10.6 Å². The van der Waals surface area contributed by atoms with Crippen LogP contribution in [0.3, 0.4) is 0 Å². The van der Waals surface area contributed by atoms with E-state index in [0.717, 1.165) is 45.7 Å². The lowest BCUT2D eigenvalue weighted by atomic mass is 10.0. The maximum Gasteiger partial charge on any atom is 0.220 e. The number of hydrogen-bond acceptors (Lipinski definition) is 3. The standard InChI is InChI=1S/C11H20N2O2/c14-11(5-9-1-3-12-6-9)13-7-10-2-4-15-8-10/h9-10,12H,1-8H2,(H,13,14). The topological polar surface area (TPSA) is 50.4 Å². The summed E-state index contributed by atoms with van der Waals surface area (Å²) in [6.45, 7) is 4.52. The van der Waals surface area contributed by atoms with Gasteiger partial charge in [0.15, 0.2) is 0 Å². The van der Waals surface area contributed by atoms with E-state index in [1.165, 1.54) is 0 Å². The summed E-state index contributed by atoms with van der Waals surface area (Å²) in [5.41, 5.74) is 0. The molecular formula is C11H20N2O2. The molecule has 2 fully saturated rings. The fourth-order valence-electron chi connectivity index (χ4n) is 2.23. The summed E-state index contributed by atoms with van der Waals surface area (Å²) in [7, 11) is 0. The Balaban J connectivity index is 1.59. The number of hydrogen-bond donors (Lipinski definition) is 2. The van der Waals surface area contributed by atoms with E-state index in [1.54, 1.807) is 0 Å². The number of ether oxygens (including phenoxy) is 1. The third-order valence-electron chi connectivity index (χ3n) is 3.25. The van der Waals surface area contributed by atoms with Crippen molar-refractivity contribution in [1.29, 1.82) is 0 Å². The molecule has 2 unspecified atom stereocenters. The zero-order valence-corrected chi connectivity index (χ0v) is 9.13. The van der Waals surface area contributed by atoms with Gasteiger partial charge in [0, 0.05) is 25.5 Å². The predicted octanol–water partition coefficient (Wildman–Crippen LogP) is 0.139. The van der Waals surface area contributed by atoms with Crippen molar-refractivity contribution in [1.82, 2.24) is 10.6 Å². The quantitative estimate of drug-likeness (QED) is 0.697. The number of carbonyl (C=O) groups is 1. The molecule has 15 heavy (non-hydrogen) atoms. The number of amides is 1. The molecule has 2 rings (SSSR count). The number of nitrogens with one attached hydrogen (secondary N) is 2. The highest BCUT2D eigenvalue weighted by Crippen LogP contribution is 2.13. The van der Waals surface area contributed by atoms with Crippen molar-refractivity contribution in [2.45, 2.75) is 19.3 Å². The van der Waals surface area contributed by atoms with Crippen LogP contribution in [-0.2, 0) is 9.53 Å². The summed E-state index contributed by atoms with van der Waals surface area (Å²) in [6.07, 6.45) is 2.91. The normalized spacial score (nSPS) is 30.7. The maximum absolute atomic E-state index is 11.6. The smallest absolute Gasteiger partial charge is 0.220 e. The highest BCUT2D eigenvalue weighted by molar-refractivity contribution is 5.76. The summed E-state index contributed by atoms with van der Waals surface area (Å²) in [4.78, 5) is 11.6. The molecule has 0 bridgehead atoms. The predicted molar refractivity (Wildman–Crippen MR) is 57.5 cm³/mol. The van der Waals surface area contributed by atoms with Gasteiger partial charge in [-0.05, 0) is 31.8 Å². The summed E-state index contributed by atoms with van der Waals surface area (Å²) in [6, 6.07) is 0. The second-order valence-electron chi connectivity index (χ2n) is 4.60. The Labute approximate surface area is 90.8 Å². The average molecular weight is 212 g/mol. The monoisotopic (exact) mass is 212 g/mol. The van der Waals surface area contributed by atoms with E-state index in [2.05, 4.69) is 10.6 Å². The summed E-state index contributed by atoms with van der Waals surface area (Å²) < 4.78 is 5.26. The molecule has 0 radical (unpaired) electrons. The average Bonchev–Trinajstić information content (AvgIpc) is 2.86. The summed E-state index contributed by atoms with van der Waals surface area (Å²) >= 11 is 0. The molecule has 2 N–H and O–H groups in total. The third kappa shape index (κ3) is 3.47. The van der Waals surface area contributed by atoms with Gasteiger partial charge in [-0.25, -0.2) is 0 Å². The zero-order valence-electron chi connectivity index (χ0n) is 9.13. The van der Waals surface area contributed by atoms with Crippen molar-refractivity contribution in [3.8, 4) is 0 Å². The Morgan fingerprint density at radius 1 is 1.40 bits per heavy atom. The van der Waals surface area contributed by atoms with Gasteiger partial charge in [-0.15, -0.1) is 0 Å². The Morgan fingerprint density at radius 3 is 3.00 bits per heavy atom. The molecule has 0 aromatic carbocycles. The second kappa shape index (κ2) is 5.47. The van der Waals surface area contributed by atoms with Crippen LogP contribution >= 0.6 is 0 Å². The molecule has 2 aliphatic heterocycles. The number of rotatable bonds is 4. The van der Waals surface area contributed by atoms with Gasteiger partial charge in [0.25, 0.3) is 0 Å². The van der Waals surface area contributed by atoms with Crippen LogP contribution in [0.1, 0.15) is 19.3 Å². The highest BCUT2D eigenvalue weighted by atomic mass is 16.5. The van der Waals surface area contributed by atoms with E-state index in [0.29, 0.717) is 18.3 Å². The Morgan fingerprint density at radius 2 is 2.33 bits per heavy atom. The fraction of sp³-hybridized carbons (Fsp3) is 0.909. The van der Waals surface area contributed by atoms with Gasteiger partial charge in [0.2, 0.25) is 5.91 Å². The van der Waals surface area contributed by atoms with Crippen molar-refractivity contribution in [3.05, 3.63) is 0 Å². The maximum atomic E-state index is 11.6. The molecule has 2 aliphatic rings. The molecule has 4 heteroatoms. The second-order valence-corrected chi connectivity index (χ2v) is 4.60. The largest absolute Gasteiger partial charge is 0.381 e. The van der Waals surface area contributed by atoms with Crippen molar-refractivity contribution in [2.24, 2.45) is 11.8 Å². The van der Waals surface area contributed by atoms with E-state index in [9.17, 15) is 4.79 Å². The Hall–Kier alpha value is -0.610. The molecule has 0 saturated carbocycles. The van der Waals surface area contributed by atoms with Gasteiger partial charge in [-0.2, -0.15) is 0 Å². The molecule has 2 heterocycles. The first-order chi connectivity index (χ1) is 7.34. The van der Waals surface area contributed by atoms with Crippen LogP contribution in [-0.4, -0.2) is 38.8 Å². The van der Waals surface area contributed by atoms with E-state index in [4.69, 9.17) is 4.74 Å². The molecule has 0 aromatic heterocycles. The third-order valence-corrected chi connectivity index (χ3v) is 3.25. The van der Waals surface area contributed by atoms with Gasteiger partial charge in [0.05, 0.1) is 6.61 Å². The minimum Gasteiger partial charge on any atom is -0.381 e. The van der Waals surface area contributed by atoms with Crippen LogP contribution in [0.2, 0.25) is 0 Å². The van der Waals surface area contributed by atoms with Gasteiger partial charge < -0.3 is 15.4 Å². The van der Waals surface area contributed by atoms with Gasteiger partial charge in [-0.1, -0.05) is 0 Å². The van der Waals surface area contributed by atoms with Crippen molar-refractivity contribution in [2.75, 3.05) is 32.8 Å². The molecule has 86 valence electrons. The molecule has 1 amide bonds. The van der Waals surface area contributed by atoms with E-state index in [1.807, 2.05) is 0 Å². The van der Waals surface area contributed by atoms with E-state index in [-0.39, 0.29) is 5.91 Å². The first-order valence-electron chi connectivity index (χ1n) is 5.90. The zero-order chi connectivity index (χ0) is 10.5. The lowest BCUT2D eigenvalue weighted by Gasteiger charge is -2.11. The minimum atomic E-state index is 0.204. The van der Waals surface area contributed by atoms with Crippen LogP contribution in [0.25, 0.3) is 0 Å². The van der Waals surface area contributed by atoms with E-state index < -0.39 is 0 Å². The van der Waals surface area contributed by atoms with Gasteiger partial charge in [0.1, 0.15) is 0 Å². The lowest BCUT2D eigenvalue weighted by molar-refractivity contribution is -0.122. The van der Waals surface area contributed by atoms with Crippen molar-refractivity contribution < 1.29 is 9.53 Å². The van der Waals surface area contributed by atoms with Gasteiger partial charge >= 0.3 is 0 Å². The minimum absolute atomic E-state index is 0.204. The lowest BCUT2D eigenvalue weighted by Crippen LogP contribution is -2.31. The molecule has 0 spiro atoms.